The molecule has 0 saturated carbocycles. The summed E-state index contributed by atoms with van der Waals surface area (Å²) in [4.78, 5) is 3.20. The predicted molar refractivity (Wildman–Crippen MR) is 80.0 cm³/mol. The molecule has 19 heavy (non-hydrogen) atoms. The molecule has 2 N–H and O–H groups in total. The fourth-order valence-electron chi connectivity index (χ4n) is 1.85. The molecule has 0 spiro atoms. The van der Waals surface area contributed by atoms with Gasteiger partial charge in [0.25, 0.3) is 0 Å². The molecule has 0 aliphatic heterocycles. The maximum Gasteiger partial charge on any atom is 0.242 e. The van der Waals surface area contributed by atoms with Crippen LogP contribution in [0.3, 0.4) is 0 Å². The number of nitrogens with zero attached hydrogens (tertiary/aromatic N) is 1. The second-order valence-electron chi connectivity index (χ2n) is 4.77. The first-order valence-electron chi connectivity index (χ1n) is 6.31. The van der Waals surface area contributed by atoms with Gasteiger partial charge in [0.1, 0.15) is 0 Å². The molecule has 7 heteroatoms. The van der Waals surface area contributed by atoms with Crippen LogP contribution in [0.2, 0.25) is 0 Å². The molecule has 0 aliphatic rings. The van der Waals surface area contributed by atoms with Crippen molar-refractivity contribution >= 4 is 21.4 Å². The van der Waals surface area contributed by atoms with Gasteiger partial charge in [0.05, 0.1) is 4.90 Å². The zero-order chi connectivity index (χ0) is 14.5. The molecule has 0 amide bonds. The lowest BCUT2D eigenvalue weighted by Gasteiger charge is -2.18. The van der Waals surface area contributed by atoms with Crippen LogP contribution in [-0.2, 0) is 16.6 Å². The smallest absolute Gasteiger partial charge is 0.242 e. The molecule has 1 aromatic heterocycles. The van der Waals surface area contributed by atoms with Gasteiger partial charge in [-0.15, -0.1) is 11.3 Å². The Bertz CT molecular complexity index is 483. The summed E-state index contributed by atoms with van der Waals surface area (Å²) in [6, 6.07) is 1.55. The van der Waals surface area contributed by atoms with E-state index in [1.807, 2.05) is 38.2 Å². The van der Waals surface area contributed by atoms with Crippen molar-refractivity contribution in [2.24, 2.45) is 0 Å². The Morgan fingerprint density at radius 2 is 2.11 bits per heavy atom. The maximum atomic E-state index is 12.3. The normalized spacial score (nSPS) is 13.9. The van der Waals surface area contributed by atoms with Crippen molar-refractivity contribution < 1.29 is 8.42 Å². The molecule has 0 aromatic carbocycles. The highest BCUT2D eigenvalue weighted by molar-refractivity contribution is 7.89. The summed E-state index contributed by atoms with van der Waals surface area (Å²) in [5, 5.41) is 4.98. The summed E-state index contributed by atoms with van der Waals surface area (Å²) in [5.41, 5.74) is 0. The lowest BCUT2D eigenvalue weighted by atomic mass is 10.3. The van der Waals surface area contributed by atoms with E-state index in [4.69, 9.17) is 0 Å². The van der Waals surface area contributed by atoms with Gasteiger partial charge in [-0.1, -0.05) is 6.92 Å². The van der Waals surface area contributed by atoms with E-state index >= 15 is 0 Å². The summed E-state index contributed by atoms with van der Waals surface area (Å²) >= 11 is 1.47. The molecule has 1 aromatic rings. The quantitative estimate of drug-likeness (QED) is 0.755. The highest BCUT2D eigenvalue weighted by Crippen LogP contribution is 2.21. The van der Waals surface area contributed by atoms with Gasteiger partial charge in [0.2, 0.25) is 10.0 Å². The minimum Gasteiger partial charge on any atom is -0.312 e. The van der Waals surface area contributed by atoms with Crippen LogP contribution in [0.25, 0.3) is 0 Å². The standard InChI is InChI=1S/C12H23N3O2S2/c1-5-13-8-11-12(6-7-18-11)19(16,17)14-10(2)9-15(3)4/h6-7,10,13-14H,5,8-9H2,1-4H3. The second-order valence-corrected chi connectivity index (χ2v) is 7.46. The Kier molecular flexibility index (Phi) is 6.41. The lowest BCUT2D eigenvalue weighted by molar-refractivity contribution is 0.370. The lowest BCUT2D eigenvalue weighted by Crippen LogP contribution is -2.39. The third-order valence-electron chi connectivity index (χ3n) is 2.52. The van der Waals surface area contributed by atoms with Gasteiger partial charge >= 0.3 is 0 Å². The predicted octanol–water partition coefficient (Wildman–Crippen LogP) is 1.09. The van der Waals surface area contributed by atoms with Gasteiger partial charge in [-0.05, 0) is 39.0 Å². The molecular formula is C12H23N3O2S2. The molecule has 0 fully saturated rings. The molecular weight excluding hydrogens is 282 g/mol. The zero-order valence-electron chi connectivity index (χ0n) is 11.9. The van der Waals surface area contributed by atoms with Crippen molar-refractivity contribution in [1.29, 1.82) is 0 Å². The summed E-state index contributed by atoms with van der Waals surface area (Å²) in [5.74, 6) is 0. The first-order valence-corrected chi connectivity index (χ1v) is 8.67. The molecule has 5 nitrogen and oxygen atoms in total. The van der Waals surface area contributed by atoms with Crippen LogP contribution in [0.4, 0.5) is 0 Å². The highest BCUT2D eigenvalue weighted by atomic mass is 32.2. The first kappa shape index (κ1) is 16.6. The number of hydrogen-bond acceptors (Lipinski definition) is 5. The van der Waals surface area contributed by atoms with Crippen molar-refractivity contribution in [3.63, 3.8) is 0 Å². The SMILES string of the molecule is CCNCc1sccc1S(=O)(=O)NC(C)CN(C)C. The summed E-state index contributed by atoms with van der Waals surface area (Å²) in [7, 11) is 0.416. The fourth-order valence-corrected chi connectivity index (χ4v) is 4.50. The minimum atomic E-state index is -3.43. The van der Waals surface area contributed by atoms with Crippen LogP contribution >= 0.6 is 11.3 Å². The number of nitrogens with one attached hydrogen (secondary N) is 2. The largest absolute Gasteiger partial charge is 0.312 e. The molecule has 0 bridgehead atoms. The Morgan fingerprint density at radius 3 is 2.68 bits per heavy atom. The molecule has 1 heterocycles. The minimum absolute atomic E-state index is 0.119. The van der Waals surface area contributed by atoms with Crippen LogP contribution in [0.1, 0.15) is 18.7 Å². The van der Waals surface area contributed by atoms with Gasteiger partial charge in [-0.2, -0.15) is 0 Å². The van der Waals surface area contributed by atoms with Gasteiger partial charge < -0.3 is 10.2 Å². The summed E-state index contributed by atoms with van der Waals surface area (Å²) < 4.78 is 27.4. The summed E-state index contributed by atoms with van der Waals surface area (Å²) in [6.45, 7) is 5.95. The zero-order valence-corrected chi connectivity index (χ0v) is 13.6. The van der Waals surface area contributed by atoms with Crippen molar-refractivity contribution in [1.82, 2.24) is 14.9 Å². The van der Waals surface area contributed by atoms with Crippen molar-refractivity contribution in [2.75, 3.05) is 27.2 Å². The molecule has 1 unspecified atom stereocenters. The first-order chi connectivity index (χ1) is 8.86. The number of thiophene rings is 1. The monoisotopic (exact) mass is 305 g/mol. The molecule has 0 aliphatic carbocycles. The third-order valence-corrected chi connectivity index (χ3v) is 5.25. The van der Waals surface area contributed by atoms with E-state index in [2.05, 4.69) is 10.0 Å². The van der Waals surface area contributed by atoms with Crippen LogP contribution in [-0.4, -0.2) is 46.5 Å². The fraction of sp³-hybridized carbons (Fsp3) is 0.667. The molecule has 0 saturated heterocycles. The van der Waals surface area contributed by atoms with Crippen molar-refractivity contribution in [3.05, 3.63) is 16.3 Å². The Hall–Kier alpha value is -0.470. The van der Waals surface area contributed by atoms with Crippen molar-refractivity contribution in [2.45, 2.75) is 31.3 Å². The van der Waals surface area contributed by atoms with Gasteiger partial charge in [-0.3, -0.25) is 0 Å². The van der Waals surface area contributed by atoms with E-state index in [-0.39, 0.29) is 6.04 Å². The summed E-state index contributed by atoms with van der Waals surface area (Å²) in [6.07, 6.45) is 0. The number of likely N-dealkylation sites (N-methyl/N-ethyl adjacent to an activating group) is 1. The third kappa shape index (κ3) is 5.19. The van der Waals surface area contributed by atoms with Gasteiger partial charge in [0.15, 0.2) is 0 Å². The number of rotatable bonds is 8. The van der Waals surface area contributed by atoms with E-state index in [0.29, 0.717) is 18.0 Å². The van der Waals surface area contributed by atoms with E-state index in [1.165, 1.54) is 11.3 Å². The highest BCUT2D eigenvalue weighted by Gasteiger charge is 2.21. The van der Waals surface area contributed by atoms with Crippen LogP contribution < -0.4 is 10.0 Å². The molecule has 1 rings (SSSR count). The van der Waals surface area contributed by atoms with Gasteiger partial charge in [-0.25, -0.2) is 13.1 Å². The molecule has 0 radical (unpaired) electrons. The topological polar surface area (TPSA) is 61.4 Å². The number of sulfonamides is 1. The van der Waals surface area contributed by atoms with Crippen molar-refractivity contribution in [3.8, 4) is 0 Å². The Balaban J connectivity index is 2.79. The van der Waals surface area contributed by atoms with Crippen LogP contribution in [0, 0.1) is 0 Å². The number of hydrogen-bond donors (Lipinski definition) is 2. The van der Waals surface area contributed by atoms with Crippen LogP contribution in [0.15, 0.2) is 16.3 Å². The average Bonchev–Trinajstić information content (AvgIpc) is 2.72. The van der Waals surface area contributed by atoms with E-state index < -0.39 is 10.0 Å². The van der Waals surface area contributed by atoms with E-state index in [0.717, 1.165) is 11.4 Å². The molecule has 1 atom stereocenters. The molecule has 110 valence electrons. The van der Waals surface area contributed by atoms with E-state index in [1.54, 1.807) is 6.07 Å². The van der Waals surface area contributed by atoms with Gasteiger partial charge in [0, 0.05) is 24.0 Å². The Labute approximate surface area is 120 Å². The van der Waals surface area contributed by atoms with Crippen LogP contribution in [0.5, 0.6) is 0 Å². The maximum absolute atomic E-state index is 12.3. The second kappa shape index (κ2) is 7.35. The average molecular weight is 305 g/mol. The Morgan fingerprint density at radius 1 is 1.42 bits per heavy atom. The van der Waals surface area contributed by atoms with E-state index in [9.17, 15) is 8.42 Å².